The average molecular weight is 707 g/mol. The van der Waals surface area contributed by atoms with Gasteiger partial charge in [-0.15, -0.1) is 0 Å². The molecule has 2 aliphatic heterocycles. The Bertz CT molecular complexity index is 1540. The van der Waals surface area contributed by atoms with Crippen LogP contribution in [-0.2, 0) is 20.6 Å². The van der Waals surface area contributed by atoms with Crippen LogP contribution in [0, 0.1) is 5.92 Å². The van der Waals surface area contributed by atoms with Crippen molar-refractivity contribution in [3.8, 4) is 5.75 Å². The Labute approximate surface area is 300 Å². The number of ether oxygens (including phenoxy) is 1. The normalized spacial score (nSPS) is 21.1. The highest BCUT2D eigenvalue weighted by molar-refractivity contribution is 7.84. The molecule has 0 spiro atoms. The summed E-state index contributed by atoms with van der Waals surface area (Å²) in [5.74, 6) is 0.829. The van der Waals surface area contributed by atoms with Crippen molar-refractivity contribution < 1.29 is 28.4 Å². The molecule has 2 heterocycles. The van der Waals surface area contributed by atoms with Gasteiger partial charge in [0.05, 0.1) is 12.4 Å². The largest absolute Gasteiger partial charge is 0.497 e. The van der Waals surface area contributed by atoms with Crippen molar-refractivity contribution in [3.63, 3.8) is 0 Å². The van der Waals surface area contributed by atoms with Crippen LogP contribution in [0.2, 0.25) is 0 Å². The number of benzene rings is 2. The van der Waals surface area contributed by atoms with Crippen LogP contribution in [0.3, 0.4) is 0 Å². The lowest BCUT2D eigenvalue weighted by Crippen LogP contribution is -2.37. The molecule has 0 aromatic heterocycles. The van der Waals surface area contributed by atoms with E-state index in [4.69, 9.17) is 14.6 Å². The Hall–Kier alpha value is -4.06. The summed E-state index contributed by atoms with van der Waals surface area (Å²) in [6.07, 6.45) is 17.1. The van der Waals surface area contributed by atoms with E-state index in [1.165, 1.54) is 24.8 Å². The maximum absolute atomic E-state index is 13.0. The predicted octanol–water partition coefficient (Wildman–Crippen LogP) is 5.86. The Balaban J connectivity index is 0.000000443. The summed E-state index contributed by atoms with van der Waals surface area (Å²) < 4.78 is 20.5. The summed E-state index contributed by atoms with van der Waals surface area (Å²) in [6.45, 7) is 6.23. The van der Waals surface area contributed by atoms with Crippen molar-refractivity contribution >= 4 is 53.1 Å². The van der Waals surface area contributed by atoms with Crippen LogP contribution in [0.15, 0.2) is 54.1 Å². The highest BCUT2D eigenvalue weighted by Crippen LogP contribution is 2.42. The summed E-state index contributed by atoms with van der Waals surface area (Å²) in [4.78, 5) is 35.4. The van der Waals surface area contributed by atoms with E-state index in [0.717, 1.165) is 73.2 Å². The van der Waals surface area contributed by atoms with E-state index in [1.807, 2.05) is 69.3 Å². The van der Waals surface area contributed by atoms with Crippen molar-refractivity contribution in [3.05, 3.63) is 76.4 Å². The van der Waals surface area contributed by atoms with E-state index in [-0.39, 0.29) is 17.6 Å². The molecule has 2 aromatic rings. The van der Waals surface area contributed by atoms with Gasteiger partial charge in [-0.1, -0.05) is 63.5 Å². The van der Waals surface area contributed by atoms with Gasteiger partial charge in [-0.25, -0.2) is 4.21 Å². The third-order valence-electron chi connectivity index (χ3n) is 8.93. The molecule has 4 aliphatic rings. The summed E-state index contributed by atoms with van der Waals surface area (Å²) >= 11 is 0. The Morgan fingerprint density at radius 3 is 2.32 bits per heavy atom. The number of hydrogen-bond acceptors (Lipinski definition) is 8. The summed E-state index contributed by atoms with van der Waals surface area (Å²) in [5.41, 5.74) is 6.31. The van der Waals surface area contributed by atoms with Crippen LogP contribution in [0.1, 0.15) is 85.8 Å². The lowest BCUT2D eigenvalue weighted by atomic mass is 9.79. The maximum atomic E-state index is 13.0. The number of hydrogen-bond donors (Lipinski definition) is 4. The predicted molar refractivity (Wildman–Crippen MR) is 205 cm³/mol. The molecule has 272 valence electrons. The van der Waals surface area contributed by atoms with E-state index < -0.39 is 11.0 Å². The minimum Gasteiger partial charge on any atom is -0.497 e. The molecular weight excluding hydrogens is 653 g/mol. The van der Waals surface area contributed by atoms with Gasteiger partial charge in [0.15, 0.2) is 0 Å². The maximum Gasteiger partial charge on any atom is 0.290 e. The van der Waals surface area contributed by atoms with Crippen LogP contribution in [0.25, 0.3) is 17.7 Å². The second-order valence-corrected chi connectivity index (χ2v) is 13.8. The zero-order valence-electron chi connectivity index (χ0n) is 30.1. The van der Waals surface area contributed by atoms with Gasteiger partial charge in [0, 0.05) is 55.1 Å². The first kappa shape index (κ1) is 40.4. The minimum atomic E-state index is -1.35. The number of allylic oxidation sites excluding steroid dienone is 1. The molecule has 0 saturated heterocycles. The molecule has 1 amide bonds. The third-order valence-corrected chi connectivity index (χ3v) is 10.4. The molecule has 6 rings (SSSR count). The van der Waals surface area contributed by atoms with Crippen molar-refractivity contribution in [2.45, 2.75) is 70.1 Å². The fourth-order valence-corrected chi connectivity index (χ4v) is 7.21. The van der Waals surface area contributed by atoms with Gasteiger partial charge >= 0.3 is 0 Å². The van der Waals surface area contributed by atoms with Crippen LogP contribution in [-0.4, -0.2) is 80.1 Å². The molecule has 2 aliphatic carbocycles. The first-order chi connectivity index (χ1) is 24.3. The Morgan fingerprint density at radius 2 is 1.74 bits per heavy atom. The summed E-state index contributed by atoms with van der Waals surface area (Å²) in [5, 5.41) is 13.4. The third kappa shape index (κ3) is 11.8. The number of fused-ring (bicyclic) bond motifs is 2. The van der Waals surface area contributed by atoms with Crippen LogP contribution in [0.5, 0.6) is 5.75 Å². The number of amides is 1. The standard InChI is InChI=1S/C30H34N2O4S.C6H12N2.C2H6.CH2O2/c1-32-18-20(19-33)14-24-15-25(36-2)10-8-22(24)16-28(21-6-4-3-5-7-21)27-13-9-23(17-29(27)32)30(34)31-37(35)26-11-12-26;1-7-6-3-2-4-8-5-6;1-2;2-1-3/h8-10,13-17,19,21,26H,3-7,11-12,18H2,1-2H3,(H,31,34);2-3,6-8H,4-5H2,1H3;1-2H3;1H,(H,2,3)/b20-14+,28-16+;;;. The molecule has 11 heteroatoms. The highest BCUT2D eigenvalue weighted by atomic mass is 32.2. The summed E-state index contributed by atoms with van der Waals surface area (Å²) in [7, 11) is 4.22. The molecule has 4 N–H and O–H groups in total. The van der Waals surface area contributed by atoms with Crippen molar-refractivity contribution in [2.24, 2.45) is 5.92 Å². The van der Waals surface area contributed by atoms with Crippen LogP contribution >= 0.6 is 0 Å². The van der Waals surface area contributed by atoms with Gasteiger partial charge in [0.25, 0.3) is 12.4 Å². The number of carboxylic acid groups (broad SMARTS) is 1. The fraction of sp³-hybridized carbons (Fsp3) is 0.462. The number of nitrogens with one attached hydrogen (secondary N) is 3. The van der Waals surface area contributed by atoms with Crippen molar-refractivity contribution in [1.29, 1.82) is 0 Å². The van der Waals surface area contributed by atoms with E-state index >= 15 is 0 Å². The van der Waals surface area contributed by atoms with Gasteiger partial charge in [-0.3, -0.25) is 19.1 Å². The topological polar surface area (TPSA) is 137 Å². The molecule has 2 fully saturated rings. The number of rotatable bonds is 7. The molecule has 2 saturated carbocycles. The smallest absolute Gasteiger partial charge is 0.290 e. The lowest BCUT2D eigenvalue weighted by Gasteiger charge is -2.30. The lowest BCUT2D eigenvalue weighted by molar-refractivity contribution is -0.122. The van der Waals surface area contributed by atoms with E-state index in [2.05, 4.69) is 39.7 Å². The summed E-state index contributed by atoms with van der Waals surface area (Å²) in [6, 6.07) is 12.3. The molecule has 10 nitrogen and oxygen atoms in total. The zero-order chi connectivity index (χ0) is 36.5. The number of anilines is 1. The van der Waals surface area contributed by atoms with Crippen molar-refractivity contribution in [1.82, 2.24) is 15.4 Å². The monoisotopic (exact) mass is 706 g/mol. The molecule has 2 aromatic carbocycles. The van der Waals surface area contributed by atoms with E-state index in [9.17, 15) is 13.8 Å². The molecule has 50 heavy (non-hydrogen) atoms. The Morgan fingerprint density at radius 1 is 1.02 bits per heavy atom. The first-order valence-electron chi connectivity index (χ1n) is 17.6. The number of methoxy groups -OCH3 is 1. The van der Waals surface area contributed by atoms with E-state index in [0.29, 0.717) is 29.6 Å². The molecular formula is C39H54N4O6S. The SMILES string of the molecule is CC.CNC1C=CCNC1.COc1ccc2c(c1)/C=C(/C=O)CN(C)c1cc(C(=O)NS(=O)C3CC3)ccc1/C(C1CCCCC1)=C/2.O=CO. The number of carbonyl (C=O) groups excluding carboxylic acids is 2. The number of aldehydes is 1. The molecule has 0 radical (unpaired) electrons. The van der Waals surface area contributed by atoms with Crippen LogP contribution < -0.4 is 25.0 Å². The molecule has 0 bridgehead atoms. The first-order valence-corrected chi connectivity index (χ1v) is 18.8. The van der Waals surface area contributed by atoms with Gasteiger partial charge in [0.1, 0.15) is 23.0 Å². The van der Waals surface area contributed by atoms with Gasteiger partial charge < -0.3 is 25.4 Å². The zero-order valence-corrected chi connectivity index (χ0v) is 30.9. The van der Waals surface area contributed by atoms with Gasteiger partial charge in [-0.05, 0) is 85.7 Å². The average Bonchev–Trinajstić information content (AvgIpc) is 4.02. The number of likely N-dealkylation sites (N-methyl/N-ethyl adjacent to an activating group) is 2. The minimum absolute atomic E-state index is 0.0723. The number of carbonyl (C=O) groups is 3. The van der Waals surface area contributed by atoms with E-state index in [1.54, 1.807) is 7.11 Å². The molecule has 2 unspecified atom stereocenters. The highest BCUT2D eigenvalue weighted by Gasteiger charge is 2.30. The van der Waals surface area contributed by atoms with Crippen molar-refractivity contribution in [2.75, 3.05) is 45.7 Å². The Kier molecular flexibility index (Phi) is 17.1. The second kappa shape index (κ2) is 21.2. The van der Waals surface area contributed by atoms with Crippen LogP contribution in [0.4, 0.5) is 5.69 Å². The molecule has 2 atom stereocenters. The quantitative estimate of drug-likeness (QED) is 0.206. The number of nitrogens with zero attached hydrogens (tertiary/aromatic N) is 1. The fourth-order valence-electron chi connectivity index (χ4n) is 6.18. The van der Waals surface area contributed by atoms with Gasteiger partial charge in [0.2, 0.25) is 0 Å². The van der Waals surface area contributed by atoms with Gasteiger partial charge in [-0.2, -0.15) is 0 Å². The second-order valence-electron chi connectivity index (χ2n) is 12.4.